The lowest BCUT2D eigenvalue weighted by Gasteiger charge is -2.03. The molecule has 118 valence electrons. The maximum atomic E-state index is 12.2. The Bertz CT molecular complexity index is 830. The summed E-state index contributed by atoms with van der Waals surface area (Å²) in [6.45, 7) is 0.417. The van der Waals surface area contributed by atoms with Crippen LogP contribution in [0.3, 0.4) is 0 Å². The Balaban J connectivity index is 1.67. The van der Waals surface area contributed by atoms with Crippen LogP contribution in [0.5, 0.6) is 5.75 Å². The summed E-state index contributed by atoms with van der Waals surface area (Å²) < 4.78 is 6.97. The Kier molecular flexibility index (Phi) is 4.43. The fourth-order valence-electron chi connectivity index (χ4n) is 2.30. The highest BCUT2D eigenvalue weighted by Gasteiger charge is 2.16. The lowest BCUT2D eigenvalue weighted by Crippen LogP contribution is -2.32. The van der Waals surface area contributed by atoms with Crippen LogP contribution in [0.1, 0.15) is 15.4 Å². The van der Waals surface area contributed by atoms with Gasteiger partial charge in [-0.15, -0.1) is 0 Å². The second-order valence-corrected chi connectivity index (χ2v) is 6.11. The molecule has 0 aliphatic rings. The summed E-state index contributed by atoms with van der Waals surface area (Å²) in [5.74, 6) is 0.592. The highest BCUT2D eigenvalue weighted by atomic mass is 32.1. The molecule has 0 radical (unpaired) electrons. The summed E-state index contributed by atoms with van der Waals surface area (Å²) in [6, 6.07) is 14.4. The van der Waals surface area contributed by atoms with Crippen LogP contribution in [-0.2, 0) is 6.42 Å². The van der Waals surface area contributed by atoms with E-state index in [1.165, 1.54) is 11.3 Å². The third-order valence-corrected chi connectivity index (χ3v) is 4.65. The third kappa shape index (κ3) is 3.27. The molecule has 23 heavy (non-hydrogen) atoms. The molecule has 1 N–H and O–H groups in total. The highest BCUT2D eigenvalue weighted by molar-refractivity contribution is 7.18. The Morgan fingerprint density at radius 2 is 2.04 bits per heavy atom. The highest BCUT2D eigenvalue weighted by Crippen LogP contribution is 2.25. The number of benzene rings is 2. The molecular formula is C17H16N2O3S. The van der Waals surface area contributed by atoms with Gasteiger partial charge in [0.1, 0.15) is 10.4 Å². The first-order valence-electron chi connectivity index (χ1n) is 7.21. The molecule has 3 rings (SSSR count). The zero-order chi connectivity index (χ0) is 16.2. The van der Waals surface area contributed by atoms with Gasteiger partial charge in [-0.2, -0.15) is 4.73 Å². The van der Waals surface area contributed by atoms with Crippen molar-refractivity contribution in [3.05, 3.63) is 64.3 Å². The second kappa shape index (κ2) is 6.66. The van der Waals surface area contributed by atoms with Crippen LogP contribution in [-0.4, -0.2) is 19.6 Å². The van der Waals surface area contributed by atoms with E-state index in [0.29, 0.717) is 29.1 Å². The molecule has 1 aromatic heterocycles. The number of methoxy groups -OCH3 is 1. The molecule has 1 amide bonds. The molecule has 0 saturated heterocycles. The van der Waals surface area contributed by atoms with E-state index in [-0.39, 0.29) is 5.91 Å². The quantitative estimate of drug-likeness (QED) is 0.578. The first-order chi connectivity index (χ1) is 11.2. The van der Waals surface area contributed by atoms with E-state index >= 15 is 0 Å². The molecule has 0 spiro atoms. The van der Waals surface area contributed by atoms with Gasteiger partial charge in [0.15, 0.2) is 0 Å². The molecular weight excluding hydrogens is 312 g/mol. The smallest absolute Gasteiger partial charge is 0.251 e. The van der Waals surface area contributed by atoms with Crippen LogP contribution in [0.15, 0.2) is 48.5 Å². The molecule has 2 aromatic carbocycles. The van der Waals surface area contributed by atoms with Gasteiger partial charge in [-0.05, 0) is 18.2 Å². The number of nitrogens with zero attached hydrogens (tertiary/aromatic N) is 1. The molecule has 0 saturated carbocycles. The Hall–Kier alpha value is -2.60. The maximum Gasteiger partial charge on any atom is 0.251 e. The molecule has 0 aliphatic carbocycles. The first kappa shape index (κ1) is 15.3. The minimum absolute atomic E-state index is 0.133. The lowest BCUT2D eigenvalue weighted by molar-refractivity contribution is -0.580. The van der Waals surface area contributed by atoms with Crippen molar-refractivity contribution >= 4 is 27.5 Å². The Morgan fingerprint density at radius 1 is 1.26 bits per heavy atom. The van der Waals surface area contributed by atoms with E-state index in [1.807, 2.05) is 24.3 Å². The number of aromatic nitrogens is 1. The van der Waals surface area contributed by atoms with Gasteiger partial charge in [-0.3, -0.25) is 4.79 Å². The van der Waals surface area contributed by atoms with Gasteiger partial charge in [0.25, 0.3) is 10.9 Å². The van der Waals surface area contributed by atoms with Crippen molar-refractivity contribution in [3.63, 3.8) is 0 Å². The van der Waals surface area contributed by atoms with Gasteiger partial charge >= 0.3 is 0 Å². The topological polar surface area (TPSA) is 65.3 Å². The van der Waals surface area contributed by atoms with Crippen LogP contribution in [0.25, 0.3) is 10.2 Å². The fraction of sp³-hybridized carbons (Fsp3) is 0.176. The molecule has 0 bridgehead atoms. The number of rotatable bonds is 5. The second-order valence-electron chi connectivity index (χ2n) is 5.00. The van der Waals surface area contributed by atoms with Crippen molar-refractivity contribution < 1.29 is 14.3 Å². The van der Waals surface area contributed by atoms with Crippen molar-refractivity contribution in [1.82, 2.24) is 5.32 Å². The number of fused-ring (bicyclic) bond motifs is 1. The summed E-state index contributed by atoms with van der Waals surface area (Å²) in [5, 5.41) is 15.7. The number of hydrogen-bond donors (Lipinski definition) is 1. The van der Waals surface area contributed by atoms with Crippen LogP contribution < -0.4 is 14.8 Å². The molecule has 1 heterocycles. The van der Waals surface area contributed by atoms with Gasteiger partial charge in [-0.25, -0.2) is 0 Å². The number of amides is 1. The first-order valence-corrected chi connectivity index (χ1v) is 8.03. The molecule has 3 aromatic rings. The lowest BCUT2D eigenvalue weighted by atomic mass is 10.2. The summed E-state index contributed by atoms with van der Waals surface area (Å²) in [7, 11) is 1.60. The van der Waals surface area contributed by atoms with Crippen LogP contribution in [0.4, 0.5) is 0 Å². The number of hydrogen-bond acceptors (Lipinski definition) is 4. The average Bonchev–Trinajstić information content (AvgIpc) is 2.91. The molecule has 6 heteroatoms. The SMILES string of the molecule is COc1ccc2c(c1)sc(CCNC(=O)c1ccccc1)[n+]2[O-]. The molecule has 0 atom stereocenters. The largest absolute Gasteiger partial charge is 0.617 e. The minimum atomic E-state index is -0.133. The molecule has 0 unspecified atom stereocenters. The zero-order valence-corrected chi connectivity index (χ0v) is 13.4. The van der Waals surface area contributed by atoms with E-state index in [0.717, 1.165) is 15.2 Å². The molecule has 0 aliphatic heterocycles. The minimum Gasteiger partial charge on any atom is -0.617 e. The number of ether oxygens (including phenoxy) is 1. The van der Waals surface area contributed by atoms with E-state index in [4.69, 9.17) is 4.74 Å². The van der Waals surface area contributed by atoms with Crippen LogP contribution >= 0.6 is 11.3 Å². The number of nitrogens with one attached hydrogen (secondary N) is 1. The Labute approximate surface area is 137 Å². The number of thiazole rings is 1. The van der Waals surface area contributed by atoms with Crippen molar-refractivity contribution in [1.29, 1.82) is 0 Å². The van der Waals surface area contributed by atoms with Gasteiger partial charge in [0.2, 0.25) is 5.52 Å². The van der Waals surface area contributed by atoms with Gasteiger partial charge < -0.3 is 15.3 Å². The predicted molar refractivity (Wildman–Crippen MR) is 89.8 cm³/mol. The Morgan fingerprint density at radius 3 is 2.78 bits per heavy atom. The van der Waals surface area contributed by atoms with Crippen LogP contribution in [0, 0.1) is 5.21 Å². The zero-order valence-electron chi connectivity index (χ0n) is 12.6. The van der Waals surface area contributed by atoms with Crippen molar-refractivity contribution in [2.75, 3.05) is 13.7 Å². The predicted octanol–water partition coefficient (Wildman–Crippen LogP) is 2.52. The summed E-state index contributed by atoms with van der Waals surface area (Å²) in [4.78, 5) is 12.0. The van der Waals surface area contributed by atoms with Crippen LogP contribution in [0.2, 0.25) is 0 Å². The van der Waals surface area contributed by atoms with E-state index < -0.39 is 0 Å². The van der Waals surface area contributed by atoms with Crippen molar-refractivity contribution in [2.45, 2.75) is 6.42 Å². The number of carbonyl (C=O) groups is 1. The molecule has 5 nitrogen and oxygen atoms in total. The van der Waals surface area contributed by atoms with Crippen molar-refractivity contribution in [3.8, 4) is 5.75 Å². The standard InChI is InChI=1S/C17H16N2O3S/c1-22-13-7-8-14-15(11-13)23-16(19(14)21)9-10-18-17(20)12-5-3-2-4-6-12/h2-8,11H,9-10H2,1H3,(H,18,20). The average molecular weight is 328 g/mol. The summed E-state index contributed by atoms with van der Waals surface area (Å²) in [5.41, 5.74) is 1.24. The number of carbonyl (C=O) groups excluding carboxylic acids is 1. The van der Waals surface area contributed by atoms with Gasteiger partial charge in [0, 0.05) is 24.2 Å². The fourth-order valence-corrected chi connectivity index (χ4v) is 3.37. The molecule has 0 fully saturated rings. The normalized spacial score (nSPS) is 10.7. The van der Waals surface area contributed by atoms with E-state index in [2.05, 4.69) is 5.32 Å². The summed E-state index contributed by atoms with van der Waals surface area (Å²) >= 11 is 1.42. The monoisotopic (exact) mass is 328 g/mol. The van der Waals surface area contributed by atoms with Crippen molar-refractivity contribution in [2.24, 2.45) is 0 Å². The summed E-state index contributed by atoms with van der Waals surface area (Å²) in [6.07, 6.45) is 0.490. The van der Waals surface area contributed by atoms with E-state index in [1.54, 1.807) is 31.4 Å². The maximum absolute atomic E-state index is 12.2. The van der Waals surface area contributed by atoms with E-state index in [9.17, 15) is 10.0 Å². The van der Waals surface area contributed by atoms with Gasteiger partial charge in [-0.1, -0.05) is 29.5 Å². The van der Waals surface area contributed by atoms with Gasteiger partial charge in [0.05, 0.1) is 13.5 Å². The third-order valence-electron chi connectivity index (χ3n) is 3.50.